The van der Waals surface area contributed by atoms with Crippen LogP contribution in [0.4, 0.5) is 0 Å². The number of nitrogens with one attached hydrogen (secondary N) is 2. The highest BCUT2D eigenvalue weighted by atomic mass is 16.5. The summed E-state index contributed by atoms with van der Waals surface area (Å²) in [7, 11) is 1.69. The number of carbonyl (C=O) groups excluding carboxylic acids is 1. The molecule has 0 unspecified atom stereocenters. The number of likely N-dealkylation sites (N-methyl/N-ethyl adjacent to an activating group) is 1. The fourth-order valence-corrected chi connectivity index (χ4v) is 4.33. The summed E-state index contributed by atoms with van der Waals surface area (Å²) in [6, 6.07) is 14.4. The second-order valence-electron chi connectivity index (χ2n) is 8.81. The quantitative estimate of drug-likeness (QED) is 0.352. The molecule has 1 aliphatic carbocycles. The van der Waals surface area contributed by atoms with Gasteiger partial charge >= 0.3 is 5.97 Å². The molecule has 3 rings (SSSR count). The molecule has 0 spiro atoms. The zero-order valence-electron chi connectivity index (χ0n) is 19.1. The average Bonchev–Trinajstić information content (AvgIpc) is 2.76. The third-order valence-electron chi connectivity index (χ3n) is 6.13. The van der Waals surface area contributed by atoms with E-state index in [1.54, 1.807) is 14.0 Å². The zero-order chi connectivity index (χ0) is 22.4. The van der Waals surface area contributed by atoms with Crippen LogP contribution in [-0.2, 0) is 28.0 Å². The molecule has 0 amide bonds. The number of ether oxygens (including phenoxy) is 2. The lowest BCUT2D eigenvalue weighted by molar-refractivity contribution is -0.143. The van der Waals surface area contributed by atoms with Crippen molar-refractivity contribution in [2.24, 2.45) is 0 Å². The maximum atomic E-state index is 11.9. The molecule has 0 radical (unpaired) electrons. The molecule has 1 atom stereocenters. The summed E-state index contributed by atoms with van der Waals surface area (Å²) >= 11 is 0. The third kappa shape index (κ3) is 5.66. The number of esters is 1. The first kappa shape index (κ1) is 22.9. The van der Waals surface area contributed by atoms with Gasteiger partial charge in [-0.15, -0.1) is 0 Å². The van der Waals surface area contributed by atoms with Crippen LogP contribution in [0.5, 0.6) is 5.75 Å². The van der Waals surface area contributed by atoms with E-state index in [4.69, 9.17) is 14.9 Å². The Hall–Kier alpha value is -2.82. The van der Waals surface area contributed by atoms with E-state index < -0.39 is 0 Å². The van der Waals surface area contributed by atoms with Gasteiger partial charge in [0.25, 0.3) is 0 Å². The van der Waals surface area contributed by atoms with E-state index in [9.17, 15) is 4.79 Å². The molecule has 2 N–H and O–H groups in total. The van der Waals surface area contributed by atoms with Crippen molar-refractivity contribution in [2.45, 2.75) is 64.4 Å². The summed E-state index contributed by atoms with van der Waals surface area (Å²) in [4.78, 5) is 11.9. The van der Waals surface area contributed by atoms with Crippen LogP contribution >= 0.6 is 0 Å². The van der Waals surface area contributed by atoms with Gasteiger partial charge in [-0.25, -0.2) is 0 Å². The molecule has 0 bridgehead atoms. The van der Waals surface area contributed by atoms with Crippen LogP contribution in [0.2, 0.25) is 0 Å². The number of carbonyl (C=O) groups is 1. The monoisotopic (exact) mass is 422 g/mol. The highest BCUT2D eigenvalue weighted by Gasteiger charge is 2.27. The van der Waals surface area contributed by atoms with Gasteiger partial charge < -0.3 is 14.8 Å². The molecule has 31 heavy (non-hydrogen) atoms. The Morgan fingerprint density at radius 3 is 2.61 bits per heavy atom. The second-order valence-corrected chi connectivity index (χ2v) is 8.81. The van der Waals surface area contributed by atoms with Gasteiger partial charge in [0.2, 0.25) is 0 Å². The number of hydrogen-bond donors (Lipinski definition) is 2. The highest BCUT2D eigenvalue weighted by molar-refractivity contribution is 5.90. The Morgan fingerprint density at radius 1 is 1.19 bits per heavy atom. The molecule has 1 aliphatic rings. The molecule has 0 heterocycles. The summed E-state index contributed by atoms with van der Waals surface area (Å²) in [6.45, 7) is 7.28. The molecular formula is C26H34N2O3. The van der Waals surface area contributed by atoms with Crippen molar-refractivity contribution in [1.82, 2.24) is 5.32 Å². The third-order valence-corrected chi connectivity index (χ3v) is 6.13. The number of aryl methyl sites for hydroxylation is 1. The van der Waals surface area contributed by atoms with Gasteiger partial charge in [0.05, 0.1) is 18.9 Å². The fraction of sp³-hybridized carbons (Fsp3) is 0.462. The SMILES string of the molecule is CCOC(=O)C[C@H](C(=N)NC)c1ccc(OCc2ccc3c(c2)C(C)(C)CCC3)cc1. The van der Waals surface area contributed by atoms with Gasteiger partial charge in [-0.3, -0.25) is 10.2 Å². The van der Waals surface area contributed by atoms with E-state index in [1.807, 2.05) is 24.3 Å². The molecule has 0 fully saturated rings. The molecule has 2 aromatic carbocycles. The van der Waals surface area contributed by atoms with E-state index in [1.165, 1.54) is 29.5 Å². The molecule has 0 saturated carbocycles. The lowest BCUT2D eigenvalue weighted by atomic mass is 9.72. The number of hydrogen-bond acceptors (Lipinski definition) is 4. The number of benzene rings is 2. The summed E-state index contributed by atoms with van der Waals surface area (Å²) < 4.78 is 11.1. The Morgan fingerprint density at radius 2 is 1.94 bits per heavy atom. The molecule has 2 aromatic rings. The van der Waals surface area contributed by atoms with Crippen molar-refractivity contribution >= 4 is 11.8 Å². The largest absolute Gasteiger partial charge is 0.489 e. The number of fused-ring (bicyclic) bond motifs is 1. The lowest BCUT2D eigenvalue weighted by Crippen LogP contribution is -2.27. The van der Waals surface area contributed by atoms with Crippen LogP contribution in [0.1, 0.15) is 68.2 Å². The molecule has 0 saturated heterocycles. The Labute approximate surface area is 185 Å². The predicted octanol–water partition coefficient (Wildman–Crippen LogP) is 5.11. The first-order valence-electron chi connectivity index (χ1n) is 11.1. The summed E-state index contributed by atoms with van der Waals surface area (Å²) in [5, 5.41) is 11.0. The first-order valence-corrected chi connectivity index (χ1v) is 11.1. The molecule has 5 nitrogen and oxygen atoms in total. The van der Waals surface area contributed by atoms with Crippen LogP contribution in [0.3, 0.4) is 0 Å². The fourth-order valence-electron chi connectivity index (χ4n) is 4.33. The first-order chi connectivity index (χ1) is 14.8. The molecule has 5 heteroatoms. The van der Waals surface area contributed by atoms with Crippen molar-refractivity contribution in [3.05, 3.63) is 64.7 Å². The maximum absolute atomic E-state index is 11.9. The Balaban J connectivity index is 1.67. The topological polar surface area (TPSA) is 71.4 Å². The minimum atomic E-state index is -0.360. The van der Waals surface area contributed by atoms with Crippen LogP contribution < -0.4 is 10.1 Å². The van der Waals surface area contributed by atoms with Gasteiger partial charge in [-0.2, -0.15) is 0 Å². The van der Waals surface area contributed by atoms with Crippen LogP contribution in [0, 0.1) is 5.41 Å². The summed E-state index contributed by atoms with van der Waals surface area (Å²) in [6.07, 6.45) is 3.78. The van der Waals surface area contributed by atoms with Crippen LogP contribution in [0.25, 0.3) is 0 Å². The molecule has 0 aromatic heterocycles. The normalized spacial score (nSPS) is 15.5. The number of amidine groups is 1. The van der Waals surface area contributed by atoms with Crippen LogP contribution in [0.15, 0.2) is 42.5 Å². The highest BCUT2D eigenvalue weighted by Crippen LogP contribution is 2.37. The Kier molecular flexibility index (Phi) is 7.37. The molecular weight excluding hydrogens is 388 g/mol. The second kappa shape index (κ2) is 9.99. The van der Waals surface area contributed by atoms with Gasteiger partial charge in [0, 0.05) is 7.05 Å². The summed E-state index contributed by atoms with van der Waals surface area (Å²) in [5.74, 6) is 0.397. The predicted molar refractivity (Wildman–Crippen MR) is 124 cm³/mol. The molecule has 0 aliphatic heterocycles. The zero-order valence-corrected chi connectivity index (χ0v) is 19.1. The average molecular weight is 423 g/mol. The van der Waals surface area contributed by atoms with Gasteiger partial charge in [-0.05, 0) is 66.0 Å². The van der Waals surface area contributed by atoms with Gasteiger partial charge in [0.1, 0.15) is 18.2 Å². The van der Waals surface area contributed by atoms with Crippen molar-refractivity contribution in [1.29, 1.82) is 5.41 Å². The van der Waals surface area contributed by atoms with E-state index in [2.05, 4.69) is 37.4 Å². The minimum Gasteiger partial charge on any atom is -0.489 e. The van der Waals surface area contributed by atoms with E-state index in [-0.39, 0.29) is 23.7 Å². The van der Waals surface area contributed by atoms with Gasteiger partial charge in [-0.1, -0.05) is 44.2 Å². The van der Waals surface area contributed by atoms with E-state index >= 15 is 0 Å². The van der Waals surface area contributed by atoms with E-state index in [0.717, 1.165) is 17.7 Å². The van der Waals surface area contributed by atoms with Gasteiger partial charge in [0.15, 0.2) is 0 Å². The number of rotatable bonds is 8. The van der Waals surface area contributed by atoms with Crippen molar-refractivity contribution in [3.63, 3.8) is 0 Å². The maximum Gasteiger partial charge on any atom is 0.306 e. The standard InChI is InChI=1S/C26H34N2O3/c1-5-30-24(29)16-22(25(27)28-4)19-10-12-21(13-11-19)31-17-18-8-9-20-7-6-14-26(2,3)23(20)15-18/h8-13,15,22H,5-7,14,16-17H2,1-4H3,(H2,27,28)/t22-/m0/s1. The lowest BCUT2D eigenvalue weighted by Gasteiger charge is -2.33. The smallest absolute Gasteiger partial charge is 0.306 e. The van der Waals surface area contributed by atoms with E-state index in [0.29, 0.717) is 19.0 Å². The Bertz CT molecular complexity index is 919. The molecule has 166 valence electrons. The van der Waals surface area contributed by atoms with Crippen LogP contribution in [-0.4, -0.2) is 25.5 Å². The van der Waals surface area contributed by atoms with Crippen molar-refractivity contribution < 1.29 is 14.3 Å². The summed E-state index contributed by atoms with van der Waals surface area (Å²) in [5.41, 5.74) is 5.19. The van der Waals surface area contributed by atoms with Crippen molar-refractivity contribution in [2.75, 3.05) is 13.7 Å². The van der Waals surface area contributed by atoms with Crippen molar-refractivity contribution in [3.8, 4) is 5.75 Å². The minimum absolute atomic E-state index is 0.138.